The Hall–Kier alpha value is -3.47. The van der Waals surface area contributed by atoms with Gasteiger partial charge in [-0.15, -0.1) is 0 Å². The van der Waals surface area contributed by atoms with Crippen molar-refractivity contribution in [1.82, 2.24) is 5.32 Å². The lowest BCUT2D eigenvalue weighted by Crippen LogP contribution is -2.32. The first kappa shape index (κ1) is 21.2. The number of nitrogens with two attached hydrogens (primary N) is 1. The second-order valence-corrected chi connectivity index (χ2v) is 8.08. The summed E-state index contributed by atoms with van der Waals surface area (Å²) >= 11 is 0. The highest BCUT2D eigenvalue weighted by atomic mass is 16.6. The Morgan fingerprint density at radius 3 is 2.27 bits per heavy atom. The molecular weight excluding hydrogens is 376 g/mol. The van der Waals surface area contributed by atoms with Crippen LogP contribution in [0.4, 0.5) is 10.5 Å². The van der Waals surface area contributed by atoms with E-state index in [9.17, 15) is 4.79 Å². The van der Waals surface area contributed by atoms with Crippen molar-refractivity contribution < 1.29 is 14.3 Å². The molecule has 0 aliphatic heterocycles. The van der Waals surface area contributed by atoms with Crippen molar-refractivity contribution in [3.63, 3.8) is 0 Å². The molecule has 30 heavy (non-hydrogen) atoms. The third kappa shape index (κ3) is 6.27. The lowest BCUT2D eigenvalue weighted by Gasteiger charge is -2.19. The maximum absolute atomic E-state index is 11.8. The normalized spacial score (nSPS) is 11.0. The standard InChI is InChI=1S/C25H28N2O3/c1-25(2,3)30-24(28)27-16-19-9-14-22(23(26)15-19)20-10-12-21(13-11-20)29-17-18-7-5-4-6-8-18/h4-15H,16-17,26H2,1-3H3,(H,27,28). The van der Waals surface area contributed by atoms with Crippen LogP contribution in [-0.2, 0) is 17.9 Å². The van der Waals surface area contributed by atoms with Crippen LogP contribution in [0, 0.1) is 0 Å². The molecule has 156 valence electrons. The van der Waals surface area contributed by atoms with Crippen LogP contribution in [0.1, 0.15) is 31.9 Å². The average Bonchev–Trinajstić information content (AvgIpc) is 2.71. The molecule has 5 nitrogen and oxygen atoms in total. The zero-order valence-electron chi connectivity index (χ0n) is 17.6. The van der Waals surface area contributed by atoms with Crippen molar-refractivity contribution in [2.24, 2.45) is 0 Å². The van der Waals surface area contributed by atoms with Gasteiger partial charge in [-0.2, -0.15) is 0 Å². The highest BCUT2D eigenvalue weighted by Gasteiger charge is 2.15. The SMILES string of the molecule is CC(C)(C)OC(=O)NCc1ccc(-c2ccc(OCc3ccccc3)cc2)c(N)c1. The van der Waals surface area contributed by atoms with Gasteiger partial charge in [-0.3, -0.25) is 0 Å². The smallest absolute Gasteiger partial charge is 0.407 e. The Morgan fingerprint density at radius 1 is 0.933 bits per heavy atom. The van der Waals surface area contributed by atoms with E-state index in [1.165, 1.54) is 0 Å². The minimum absolute atomic E-state index is 0.353. The van der Waals surface area contributed by atoms with E-state index in [0.717, 1.165) is 28.0 Å². The average molecular weight is 405 g/mol. The molecule has 0 saturated heterocycles. The van der Waals surface area contributed by atoms with E-state index in [1.807, 2.05) is 93.6 Å². The number of carbonyl (C=O) groups excluding carboxylic acids is 1. The molecule has 0 bridgehead atoms. The van der Waals surface area contributed by atoms with Crippen LogP contribution in [0.2, 0.25) is 0 Å². The van der Waals surface area contributed by atoms with E-state index in [2.05, 4.69) is 5.32 Å². The van der Waals surface area contributed by atoms with E-state index >= 15 is 0 Å². The molecule has 3 aromatic rings. The molecule has 1 amide bonds. The molecular formula is C25H28N2O3. The second-order valence-electron chi connectivity index (χ2n) is 8.08. The fourth-order valence-electron chi connectivity index (χ4n) is 2.95. The molecule has 0 aromatic heterocycles. The number of nitrogen functional groups attached to an aromatic ring is 1. The van der Waals surface area contributed by atoms with Crippen LogP contribution >= 0.6 is 0 Å². The predicted molar refractivity (Wildman–Crippen MR) is 120 cm³/mol. The van der Waals surface area contributed by atoms with Crippen LogP contribution in [0.25, 0.3) is 11.1 Å². The summed E-state index contributed by atoms with van der Waals surface area (Å²) in [5, 5.41) is 2.74. The van der Waals surface area contributed by atoms with Gasteiger partial charge in [0.25, 0.3) is 0 Å². The number of benzene rings is 3. The van der Waals surface area contributed by atoms with Crippen LogP contribution in [0.5, 0.6) is 5.75 Å². The molecule has 3 rings (SSSR count). The maximum Gasteiger partial charge on any atom is 0.407 e. The van der Waals surface area contributed by atoms with Crippen LogP contribution in [-0.4, -0.2) is 11.7 Å². The minimum Gasteiger partial charge on any atom is -0.489 e. The summed E-state index contributed by atoms with van der Waals surface area (Å²) in [6.45, 7) is 6.37. The van der Waals surface area contributed by atoms with Crippen LogP contribution in [0.15, 0.2) is 72.8 Å². The summed E-state index contributed by atoms with van der Waals surface area (Å²) in [7, 11) is 0. The van der Waals surface area contributed by atoms with E-state index in [-0.39, 0.29) is 0 Å². The topological polar surface area (TPSA) is 73.6 Å². The predicted octanol–water partition coefficient (Wildman–Crippen LogP) is 5.54. The Morgan fingerprint density at radius 2 is 1.63 bits per heavy atom. The molecule has 5 heteroatoms. The van der Waals surface area contributed by atoms with Gasteiger partial charge in [0.15, 0.2) is 0 Å². The van der Waals surface area contributed by atoms with Gasteiger partial charge in [0, 0.05) is 17.8 Å². The van der Waals surface area contributed by atoms with Crippen molar-refractivity contribution in [1.29, 1.82) is 0 Å². The fourth-order valence-corrected chi connectivity index (χ4v) is 2.95. The van der Waals surface area contributed by atoms with Crippen molar-refractivity contribution in [2.45, 2.75) is 39.5 Å². The Kier molecular flexibility index (Phi) is 6.62. The maximum atomic E-state index is 11.8. The number of carbonyl (C=O) groups is 1. The molecule has 0 aliphatic rings. The van der Waals surface area contributed by atoms with Gasteiger partial charge >= 0.3 is 6.09 Å². The Bertz CT molecular complexity index is 978. The molecule has 0 radical (unpaired) electrons. The molecule has 0 heterocycles. The summed E-state index contributed by atoms with van der Waals surface area (Å²) in [5.41, 5.74) is 10.4. The molecule has 0 atom stereocenters. The Balaban J connectivity index is 1.60. The Labute approximate surface area is 177 Å². The van der Waals surface area contributed by atoms with Gasteiger partial charge < -0.3 is 20.5 Å². The number of hydrogen-bond acceptors (Lipinski definition) is 4. The van der Waals surface area contributed by atoms with Crippen LogP contribution in [0.3, 0.4) is 0 Å². The summed E-state index contributed by atoms with van der Waals surface area (Å²) < 4.78 is 11.1. The summed E-state index contributed by atoms with van der Waals surface area (Å²) in [6.07, 6.45) is -0.448. The van der Waals surface area contributed by atoms with Crippen molar-refractivity contribution in [2.75, 3.05) is 5.73 Å². The third-order valence-corrected chi connectivity index (χ3v) is 4.37. The second kappa shape index (κ2) is 9.35. The summed E-state index contributed by atoms with van der Waals surface area (Å²) in [5.74, 6) is 0.805. The molecule has 0 spiro atoms. The van der Waals surface area contributed by atoms with E-state index in [1.54, 1.807) is 0 Å². The molecule has 3 N–H and O–H groups in total. The van der Waals surface area contributed by atoms with Gasteiger partial charge in [0.2, 0.25) is 0 Å². The van der Waals surface area contributed by atoms with Crippen molar-refractivity contribution in [3.05, 3.63) is 83.9 Å². The van der Waals surface area contributed by atoms with Gasteiger partial charge in [0.1, 0.15) is 18.0 Å². The van der Waals surface area contributed by atoms with Crippen molar-refractivity contribution in [3.8, 4) is 16.9 Å². The largest absolute Gasteiger partial charge is 0.489 e. The lowest BCUT2D eigenvalue weighted by molar-refractivity contribution is 0.0523. The number of rotatable bonds is 6. The van der Waals surface area contributed by atoms with Gasteiger partial charge in [-0.25, -0.2) is 4.79 Å². The number of hydrogen-bond donors (Lipinski definition) is 2. The number of alkyl carbamates (subject to hydrolysis) is 1. The first-order valence-electron chi connectivity index (χ1n) is 9.92. The highest BCUT2D eigenvalue weighted by Crippen LogP contribution is 2.28. The molecule has 0 unspecified atom stereocenters. The fraction of sp³-hybridized carbons (Fsp3) is 0.240. The summed E-state index contributed by atoms with van der Waals surface area (Å²) in [6, 6.07) is 23.7. The number of ether oxygens (including phenoxy) is 2. The molecule has 0 fully saturated rings. The monoisotopic (exact) mass is 404 g/mol. The van der Waals surface area contributed by atoms with E-state index < -0.39 is 11.7 Å². The molecule has 0 saturated carbocycles. The van der Waals surface area contributed by atoms with E-state index in [0.29, 0.717) is 18.8 Å². The number of nitrogens with one attached hydrogen (secondary N) is 1. The minimum atomic E-state index is -0.524. The quantitative estimate of drug-likeness (QED) is 0.529. The van der Waals surface area contributed by atoms with Gasteiger partial charge in [-0.1, -0.05) is 54.6 Å². The first-order valence-corrected chi connectivity index (χ1v) is 9.92. The zero-order chi connectivity index (χ0) is 21.6. The van der Waals surface area contributed by atoms with Gasteiger partial charge in [-0.05, 0) is 55.7 Å². The van der Waals surface area contributed by atoms with Crippen LogP contribution < -0.4 is 15.8 Å². The van der Waals surface area contributed by atoms with E-state index in [4.69, 9.17) is 15.2 Å². The lowest BCUT2D eigenvalue weighted by atomic mass is 10.0. The summed E-state index contributed by atoms with van der Waals surface area (Å²) in [4.78, 5) is 11.8. The molecule has 3 aromatic carbocycles. The van der Waals surface area contributed by atoms with Crippen molar-refractivity contribution >= 4 is 11.8 Å². The molecule has 0 aliphatic carbocycles. The zero-order valence-corrected chi connectivity index (χ0v) is 17.6. The first-order chi connectivity index (χ1) is 14.3. The highest BCUT2D eigenvalue weighted by molar-refractivity contribution is 5.77. The van der Waals surface area contributed by atoms with Gasteiger partial charge in [0.05, 0.1) is 0 Å². The number of amides is 1. The third-order valence-electron chi connectivity index (χ3n) is 4.37. The number of anilines is 1.